The largest absolute Gasteiger partial charge is 0.493 e. The van der Waals surface area contributed by atoms with Crippen molar-refractivity contribution >= 4 is 17.0 Å². The molecule has 1 aromatic heterocycles. The normalized spacial score (nSPS) is 13.2. The molecule has 0 fully saturated rings. The maximum atomic E-state index is 12.5. The molecule has 1 amide bonds. The van der Waals surface area contributed by atoms with Gasteiger partial charge in [-0.25, -0.2) is 4.79 Å². The number of fused-ring (bicyclic) bond motifs is 1. The molecule has 3 aromatic carbocycles. The molecular weight excluding hydrogens is 464 g/mol. The van der Waals surface area contributed by atoms with Crippen molar-refractivity contribution in [3.63, 3.8) is 0 Å². The van der Waals surface area contributed by atoms with Crippen molar-refractivity contribution in [2.45, 2.75) is 44.9 Å². The van der Waals surface area contributed by atoms with Crippen molar-refractivity contribution in [3.8, 4) is 5.75 Å². The summed E-state index contributed by atoms with van der Waals surface area (Å²) in [6.07, 6.45) is 1.49. The summed E-state index contributed by atoms with van der Waals surface area (Å²) < 4.78 is 13.6. The number of aromatic nitrogens is 1. The van der Waals surface area contributed by atoms with E-state index in [0.29, 0.717) is 6.61 Å². The second-order valence-electron chi connectivity index (χ2n) is 10.3. The molecule has 0 saturated heterocycles. The predicted molar refractivity (Wildman–Crippen MR) is 147 cm³/mol. The molecule has 0 spiro atoms. The van der Waals surface area contributed by atoms with Gasteiger partial charge in [0.1, 0.15) is 11.4 Å². The highest BCUT2D eigenvalue weighted by Gasteiger charge is 2.28. The number of carbonyl (C=O) groups excluding carboxylic acids is 1. The minimum atomic E-state index is -0.864. The third kappa shape index (κ3) is 6.92. The second kappa shape index (κ2) is 11.5. The van der Waals surface area contributed by atoms with Crippen LogP contribution in [0.5, 0.6) is 5.75 Å². The molecule has 6 heteroatoms. The standard InChI is InChI=1S/C31H36N2O4/c1-31(2,3)37-30(35)32(4)22-28(34)29(24-13-9-6-10-14-24)33-19-17-25-21-26(15-16-27(25)33)36-20-18-23-11-7-5-8-12-23/h5-17,19,21,28-29,34H,18,20,22H2,1-4H3/t28-,29+/m1/s1. The summed E-state index contributed by atoms with van der Waals surface area (Å²) in [4.78, 5) is 14.0. The van der Waals surface area contributed by atoms with Crippen molar-refractivity contribution in [2.24, 2.45) is 0 Å². The number of benzene rings is 3. The highest BCUT2D eigenvalue weighted by molar-refractivity contribution is 5.82. The first-order chi connectivity index (χ1) is 17.7. The number of rotatable bonds is 9. The van der Waals surface area contributed by atoms with Gasteiger partial charge in [-0.1, -0.05) is 60.7 Å². The maximum Gasteiger partial charge on any atom is 0.410 e. The molecule has 37 heavy (non-hydrogen) atoms. The van der Waals surface area contributed by atoms with E-state index in [1.807, 2.05) is 99.8 Å². The van der Waals surface area contributed by atoms with Gasteiger partial charge < -0.3 is 24.0 Å². The Morgan fingerprint density at radius 1 is 0.973 bits per heavy atom. The first kappa shape index (κ1) is 26.3. The van der Waals surface area contributed by atoms with E-state index in [0.717, 1.165) is 28.6 Å². The van der Waals surface area contributed by atoms with Crippen LogP contribution in [0.2, 0.25) is 0 Å². The Morgan fingerprint density at radius 3 is 2.32 bits per heavy atom. The Kier molecular flexibility index (Phi) is 8.19. The summed E-state index contributed by atoms with van der Waals surface area (Å²) >= 11 is 0. The fourth-order valence-electron chi connectivity index (χ4n) is 4.42. The number of hydrogen-bond donors (Lipinski definition) is 1. The van der Waals surface area contributed by atoms with Gasteiger partial charge in [0.2, 0.25) is 0 Å². The summed E-state index contributed by atoms with van der Waals surface area (Å²) in [6, 6.07) is 27.8. The molecule has 0 aliphatic rings. The lowest BCUT2D eigenvalue weighted by Crippen LogP contribution is -2.41. The molecule has 194 valence electrons. The van der Waals surface area contributed by atoms with Crippen molar-refractivity contribution in [1.29, 1.82) is 0 Å². The van der Waals surface area contributed by atoms with E-state index in [1.165, 1.54) is 10.5 Å². The highest BCUT2D eigenvalue weighted by atomic mass is 16.6. The summed E-state index contributed by atoms with van der Waals surface area (Å²) in [6.45, 7) is 6.20. The van der Waals surface area contributed by atoms with E-state index in [9.17, 15) is 9.90 Å². The van der Waals surface area contributed by atoms with Gasteiger partial charge in [0.25, 0.3) is 0 Å². The first-order valence-corrected chi connectivity index (χ1v) is 12.7. The van der Waals surface area contributed by atoms with Crippen LogP contribution >= 0.6 is 0 Å². The number of nitrogens with zero attached hydrogens (tertiary/aromatic N) is 2. The van der Waals surface area contributed by atoms with Gasteiger partial charge in [-0.15, -0.1) is 0 Å². The van der Waals surface area contributed by atoms with E-state index in [2.05, 4.69) is 16.7 Å². The number of aliphatic hydroxyl groups is 1. The Hall–Kier alpha value is -3.77. The second-order valence-corrected chi connectivity index (χ2v) is 10.3. The molecule has 6 nitrogen and oxygen atoms in total. The molecular formula is C31H36N2O4. The lowest BCUT2D eigenvalue weighted by atomic mass is 10.0. The number of aliphatic hydroxyl groups excluding tert-OH is 1. The average Bonchev–Trinajstić information content (AvgIpc) is 3.27. The fourth-order valence-corrected chi connectivity index (χ4v) is 4.42. The summed E-state index contributed by atoms with van der Waals surface area (Å²) in [5.41, 5.74) is 2.56. The molecule has 0 saturated carbocycles. The third-order valence-corrected chi connectivity index (χ3v) is 6.17. The van der Waals surface area contributed by atoms with E-state index in [1.54, 1.807) is 7.05 Å². The van der Waals surface area contributed by atoms with Crippen LogP contribution in [0.15, 0.2) is 91.1 Å². The molecule has 0 aliphatic heterocycles. The molecule has 2 atom stereocenters. The summed E-state index contributed by atoms with van der Waals surface area (Å²) in [7, 11) is 1.65. The van der Waals surface area contributed by atoms with Crippen molar-refractivity contribution in [2.75, 3.05) is 20.2 Å². The van der Waals surface area contributed by atoms with E-state index >= 15 is 0 Å². The molecule has 0 radical (unpaired) electrons. The number of amides is 1. The van der Waals surface area contributed by atoms with Crippen LogP contribution in [0.25, 0.3) is 10.9 Å². The Bertz CT molecular complexity index is 1300. The predicted octanol–water partition coefficient (Wildman–Crippen LogP) is 6.08. The van der Waals surface area contributed by atoms with Gasteiger partial charge in [0.15, 0.2) is 0 Å². The van der Waals surface area contributed by atoms with Gasteiger partial charge in [0, 0.05) is 30.6 Å². The minimum Gasteiger partial charge on any atom is -0.493 e. The Labute approximate surface area is 219 Å². The molecule has 1 heterocycles. The maximum absolute atomic E-state index is 12.5. The van der Waals surface area contributed by atoms with Gasteiger partial charge >= 0.3 is 6.09 Å². The molecule has 1 N–H and O–H groups in total. The molecule has 4 aromatic rings. The summed E-state index contributed by atoms with van der Waals surface area (Å²) in [5.74, 6) is 0.808. The number of ether oxygens (including phenoxy) is 2. The zero-order valence-electron chi connectivity index (χ0n) is 22.0. The Morgan fingerprint density at radius 2 is 1.65 bits per heavy atom. The zero-order valence-corrected chi connectivity index (χ0v) is 22.0. The minimum absolute atomic E-state index is 0.120. The lowest BCUT2D eigenvalue weighted by molar-refractivity contribution is 0.0168. The Balaban J connectivity index is 1.54. The van der Waals surface area contributed by atoms with E-state index in [4.69, 9.17) is 9.47 Å². The van der Waals surface area contributed by atoms with Crippen LogP contribution in [0.1, 0.15) is 37.9 Å². The highest BCUT2D eigenvalue weighted by Crippen LogP contribution is 2.30. The third-order valence-electron chi connectivity index (χ3n) is 6.17. The van der Waals surface area contributed by atoms with E-state index in [-0.39, 0.29) is 6.54 Å². The van der Waals surface area contributed by atoms with Crippen LogP contribution in [0.4, 0.5) is 4.79 Å². The van der Waals surface area contributed by atoms with Crippen LogP contribution in [0, 0.1) is 0 Å². The molecule has 4 rings (SSSR count). The van der Waals surface area contributed by atoms with Crippen LogP contribution in [0.3, 0.4) is 0 Å². The van der Waals surface area contributed by atoms with Gasteiger partial charge in [-0.05, 0) is 56.2 Å². The number of likely N-dealkylation sites (N-methyl/N-ethyl adjacent to an activating group) is 1. The van der Waals surface area contributed by atoms with Gasteiger partial charge in [-0.3, -0.25) is 0 Å². The van der Waals surface area contributed by atoms with Gasteiger partial charge in [-0.2, -0.15) is 0 Å². The van der Waals surface area contributed by atoms with Crippen molar-refractivity contribution in [1.82, 2.24) is 9.47 Å². The van der Waals surface area contributed by atoms with Gasteiger partial charge in [0.05, 0.1) is 25.3 Å². The van der Waals surface area contributed by atoms with Crippen LogP contribution in [-0.2, 0) is 11.2 Å². The van der Waals surface area contributed by atoms with E-state index < -0.39 is 23.8 Å². The monoisotopic (exact) mass is 500 g/mol. The van der Waals surface area contributed by atoms with Crippen LogP contribution in [-0.4, -0.2) is 52.6 Å². The quantitative estimate of drug-likeness (QED) is 0.303. The van der Waals surface area contributed by atoms with Crippen LogP contribution < -0.4 is 4.74 Å². The fraction of sp³-hybridized carbons (Fsp3) is 0.323. The zero-order chi connectivity index (χ0) is 26.4. The smallest absolute Gasteiger partial charge is 0.410 e. The topological polar surface area (TPSA) is 63.9 Å². The lowest BCUT2D eigenvalue weighted by Gasteiger charge is -2.30. The SMILES string of the molecule is CN(C[C@@H](O)[C@H](c1ccccc1)n1ccc2cc(OCCc3ccccc3)ccc21)C(=O)OC(C)(C)C. The number of hydrogen-bond acceptors (Lipinski definition) is 4. The summed E-state index contributed by atoms with van der Waals surface area (Å²) in [5, 5.41) is 12.4. The first-order valence-electron chi connectivity index (χ1n) is 12.7. The molecule has 0 unspecified atom stereocenters. The molecule has 0 aliphatic carbocycles. The average molecular weight is 501 g/mol. The van der Waals surface area contributed by atoms with Crippen molar-refractivity contribution < 1.29 is 19.4 Å². The number of carbonyl (C=O) groups is 1. The van der Waals surface area contributed by atoms with Crippen molar-refractivity contribution in [3.05, 3.63) is 102 Å². The molecule has 0 bridgehead atoms.